The summed E-state index contributed by atoms with van der Waals surface area (Å²) in [5.41, 5.74) is 18.3. The zero-order chi connectivity index (χ0) is 38.8. The van der Waals surface area contributed by atoms with Crippen molar-refractivity contribution in [2.24, 2.45) is 0 Å². The molecule has 11 rings (SSSR count). The second-order valence-corrected chi connectivity index (χ2v) is 15.8. The van der Waals surface area contributed by atoms with E-state index in [9.17, 15) is 0 Å². The molecule has 58 heavy (non-hydrogen) atoms. The van der Waals surface area contributed by atoms with Gasteiger partial charge in [-0.15, -0.1) is 0 Å². The molecule has 1 aliphatic rings. The van der Waals surface area contributed by atoms with E-state index in [0.717, 1.165) is 44.9 Å². The van der Waals surface area contributed by atoms with Crippen molar-refractivity contribution >= 4 is 21.8 Å². The molecule has 0 radical (unpaired) electrons. The van der Waals surface area contributed by atoms with E-state index in [4.69, 9.17) is 9.97 Å². The molecular formula is C55H39N3. The number of benzene rings is 8. The summed E-state index contributed by atoms with van der Waals surface area (Å²) in [5, 5.41) is 2.49. The van der Waals surface area contributed by atoms with Gasteiger partial charge >= 0.3 is 0 Å². The molecule has 0 spiro atoms. The average molecular weight is 742 g/mol. The number of aromatic nitrogens is 3. The fraction of sp³-hybridized carbons (Fsp3) is 0.0545. The Morgan fingerprint density at radius 2 is 0.862 bits per heavy atom. The number of nitrogens with zero attached hydrogens (tertiary/aromatic N) is 3. The van der Waals surface area contributed by atoms with Crippen LogP contribution in [0.4, 0.5) is 0 Å². The van der Waals surface area contributed by atoms with Crippen molar-refractivity contribution < 1.29 is 0 Å². The van der Waals surface area contributed by atoms with Gasteiger partial charge in [0.15, 0.2) is 5.82 Å². The molecule has 0 unspecified atom stereocenters. The van der Waals surface area contributed by atoms with Crippen LogP contribution in [-0.4, -0.2) is 14.5 Å². The number of fused-ring (bicyclic) bond motifs is 6. The quantitative estimate of drug-likeness (QED) is 0.170. The van der Waals surface area contributed by atoms with E-state index in [-0.39, 0.29) is 5.41 Å². The van der Waals surface area contributed by atoms with Crippen molar-refractivity contribution in [2.75, 3.05) is 0 Å². The highest BCUT2D eigenvalue weighted by atomic mass is 15.0. The molecule has 0 bridgehead atoms. The zero-order valence-corrected chi connectivity index (χ0v) is 32.4. The topological polar surface area (TPSA) is 30.7 Å². The monoisotopic (exact) mass is 741 g/mol. The number of hydrogen-bond acceptors (Lipinski definition) is 2. The number of hydrogen-bond donors (Lipinski definition) is 0. The Hall–Kier alpha value is -7.36. The maximum atomic E-state index is 5.17. The van der Waals surface area contributed by atoms with Crippen molar-refractivity contribution in [1.82, 2.24) is 14.5 Å². The van der Waals surface area contributed by atoms with E-state index >= 15 is 0 Å². The van der Waals surface area contributed by atoms with Gasteiger partial charge in [0.2, 0.25) is 0 Å². The second-order valence-electron chi connectivity index (χ2n) is 15.8. The minimum atomic E-state index is -0.101. The lowest BCUT2D eigenvalue weighted by molar-refractivity contribution is 0.660. The molecule has 0 saturated heterocycles. The van der Waals surface area contributed by atoms with Crippen LogP contribution in [0.3, 0.4) is 0 Å². The lowest BCUT2D eigenvalue weighted by atomic mass is 9.81. The van der Waals surface area contributed by atoms with Gasteiger partial charge in [0, 0.05) is 38.6 Å². The fourth-order valence-electron chi connectivity index (χ4n) is 9.09. The molecule has 2 heterocycles. The highest BCUT2D eigenvalue weighted by Gasteiger charge is 2.35. The van der Waals surface area contributed by atoms with E-state index in [1.54, 1.807) is 0 Å². The summed E-state index contributed by atoms with van der Waals surface area (Å²) < 4.78 is 2.42. The van der Waals surface area contributed by atoms with Gasteiger partial charge in [-0.1, -0.05) is 166 Å². The third-order valence-electron chi connectivity index (χ3n) is 12.0. The lowest BCUT2D eigenvalue weighted by Crippen LogP contribution is -2.14. The lowest BCUT2D eigenvalue weighted by Gasteiger charge is -2.22. The van der Waals surface area contributed by atoms with Crippen molar-refractivity contribution in [2.45, 2.75) is 19.3 Å². The Labute approximate surface area is 338 Å². The molecule has 0 N–H and O–H groups in total. The highest BCUT2D eigenvalue weighted by molar-refractivity contribution is 6.09. The first-order valence-electron chi connectivity index (χ1n) is 20.0. The molecule has 2 aromatic heterocycles. The predicted molar refractivity (Wildman–Crippen MR) is 241 cm³/mol. The highest BCUT2D eigenvalue weighted by Crippen LogP contribution is 2.50. The third-order valence-corrected chi connectivity index (χ3v) is 12.0. The number of para-hydroxylation sites is 2. The summed E-state index contributed by atoms with van der Waals surface area (Å²) in [5.74, 6) is 0.696. The van der Waals surface area contributed by atoms with Gasteiger partial charge in [0.05, 0.1) is 22.4 Å². The van der Waals surface area contributed by atoms with Crippen molar-refractivity contribution in [1.29, 1.82) is 0 Å². The minimum absolute atomic E-state index is 0.101. The summed E-state index contributed by atoms with van der Waals surface area (Å²) in [6, 6.07) is 72.0. The van der Waals surface area contributed by atoms with Gasteiger partial charge in [-0.05, 0) is 93.0 Å². The molecule has 0 atom stereocenters. The van der Waals surface area contributed by atoms with Crippen LogP contribution in [0.5, 0.6) is 0 Å². The first-order chi connectivity index (χ1) is 28.5. The van der Waals surface area contributed by atoms with Crippen LogP contribution < -0.4 is 0 Å². The summed E-state index contributed by atoms with van der Waals surface area (Å²) in [6.07, 6.45) is 0. The molecule has 0 aliphatic heterocycles. The first kappa shape index (κ1) is 33.9. The van der Waals surface area contributed by atoms with E-state index in [1.807, 2.05) is 12.1 Å². The van der Waals surface area contributed by atoms with Crippen LogP contribution >= 0.6 is 0 Å². The van der Waals surface area contributed by atoms with Crippen LogP contribution in [0.1, 0.15) is 25.0 Å². The van der Waals surface area contributed by atoms with Gasteiger partial charge in [0.25, 0.3) is 0 Å². The van der Waals surface area contributed by atoms with E-state index < -0.39 is 0 Å². The van der Waals surface area contributed by atoms with E-state index in [0.29, 0.717) is 5.82 Å². The smallest absolute Gasteiger partial charge is 0.160 e. The molecule has 0 saturated carbocycles. The summed E-state index contributed by atoms with van der Waals surface area (Å²) in [7, 11) is 0. The largest absolute Gasteiger partial charge is 0.309 e. The fourth-order valence-corrected chi connectivity index (χ4v) is 9.09. The molecule has 1 aliphatic carbocycles. The van der Waals surface area contributed by atoms with E-state index in [1.165, 1.54) is 55.2 Å². The van der Waals surface area contributed by atoms with Crippen LogP contribution in [-0.2, 0) is 5.41 Å². The maximum absolute atomic E-state index is 5.17. The molecule has 3 nitrogen and oxygen atoms in total. The van der Waals surface area contributed by atoms with Gasteiger partial charge in [-0.3, -0.25) is 0 Å². The predicted octanol–water partition coefficient (Wildman–Crippen LogP) is 14.2. The molecule has 0 amide bonds. The second kappa shape index (κ2) is 13.4. The van der Waals surface area contributed by atoms with E-state index in [2.05, 4.69) is 206 Å². The normalized spacial score (nSPS) is 12.8. The Kier molecular flexibility index (Phi) is 7.84. The molecule has 3 heteroatoms. The SMILES string of the molecule is CC1(C)c2ccccc2-c2ccc(-c3cc(-c4cccc(-c5nc(-c6ccccc6)cc(-c6ccccc6)n5)c4)cc(-n4c5ccccc5c5ccccc54)c3)cc21. The van der Waals surface area contributed by atoms with Crippen molar-refractivity contribution in [3.05, 3.63) is 211 Å². The van der Waals surface area contributed by atoms with Crippen molar-refractivity contribution in [3.63, 3.8) is 0 Å². The summed E-state index contributed by atoms with van der Waals surface area (Å²) in [6.45, 7) is 4.70. The van der Waals surface area contributed by atoms with Gasteiger partial charge in [-0.25, -0.2) is 9.97 Å². The van der Waals surface area contributed by atoms with Crippen LogP contribution in [0.15, 0.2) is 200 Å². The Balaban J connectivity index is 1.11. The first-order valence-corrected chi connectivity index (χ1v) is 20.0. The van der Waals surface area contributed by atoms with Gasteiger partial charge in [0.1, 0.15) is 0 Å². The Bertz CT molecular complexity index is 3080. The summed E-state index contributed by atoms with van der Waals surface area (Å²) >= 11 is 0. The minimum Gasteiger partial charge on any atom is -0.309 e. The standard InChI is InChI=1S/C55H39N3/c1-55(2)48-25-12-9-22-44(48)45-29-28-39(34-49(45)55)42-31-41(32-43(33-42)58-52-26-13-10-23-46(52)47-24-11-14-27-53(47)58)38-20-15-21-40(30-38)54-56-50(36-16-5-3-6-17-36)35-51(57-54)37-18-7-4-8-19-37/h3-35H,1-2H3. The average Bonchev–Trinajstić information content (AvgIpc) is 3.75. The molecule has 0 fully saturated rings. The molecule has 274 valence electrons. The Morgan fingerprint density at radius 3 is 1.52 bits per heavy atom. The van der Waals surface area contributed by atoms with Crippen LogP contribution in [0, 0.1) is 0 Å². The Morgan fingerprint density at radius 1 is 0.362 bits per heavy atom. The molecule has 8 aromatic carbocycles. The number of rotatable bonds is 6. The summed E-state index contributed by atoms with van der Waals surface area (Å²) in [4.78, 5) is 10.3. The third kappa shape index (κ3) is 5.58. The van der Waals surface area contributed by atoms with Crippen molar-refractivity contribution in [3.8, 4) is 73.0 Å². The maximum Gasteiger partial charge on any atom is 0.160 e. The van der Waals surface area contributed by atoms with Crippen LogP contribution in [0.2, 0.25) is 0 Å². The molecule has 10 aromatic rings. The van der Waals surface area contributed by atoms with Crippen LogP contribution in [0.25, 0.3) is 94.8 Å². The zero-order valence-electron chi connectivity index (χ0n) is 32.4. The van der Waals surface area contributed by atoms with Gasteiger partial charge in [-0.2, -0.15) is 0 Å². The molecular weight excluding hydrogens is 703 g/mol. The van der Waals surface area contributed by atoms with Gasteiger partial charge < -0.3 is 4.57 Å².